The number of anilines is 1. The number of aromatic nitrogens is 3. The molecule has 0 saturated carbocycles. The van der Waals surface area contributed by atoms with E-state index in [0.717, 1.165) is 16.5 Å². The van der Waals surface area contributed by atoms with E-state index < -0.39 is 0 Å². The molecule has 134 valence electrons. The Labute approximate surface area is 165 Å². The van der Waals surface area contributed by atoms with Crippen molar-refractivity contribution in [3.05, 3.63) is 88.2 Å². The summed E-state index contributed by atoms with van der Waals surface area (Å²) in [5.41, 5.74) is 1.92. The van der Waals surface area contributed by atoms with Gasteiger partial charge in [-0.3, -0.25) is 4.79 Å². The molecule has 1 N–H and O–H groups in total. The van der Waals surface area contributed by atoms with Crippen LogP contribution in [0.4, 0.5) is 5.82 Å². The Morgan fingerprint density at radius 2 is 1.85 bits per heavy atom. The summed E-state index contributed by atoms with van der Waals surface area (Å²) in [7, 11) is 0. The lowest BCUT2D eigenvalue weighted by molar-refractivity contribution is 0.102. The fourth-order valence-electron chi connectivity index (χ4n) is 2.77. The average molecular weight is 397 g/mol. The second-order valence-corrected chi connectivity index (χ2v) is 6.72. The molecule has 0 fully saturated rings. The van der Waals surface area contributed by atoms with Crippen molar-refractivity contribution in [1.29, 1.82) is 0 Å². The largest absolute Gasteiger partial charge is 0.305 e. The molecule has 0 saturated heterocycles. The summed E-state index contributed by atoms with van der Waals surface area (Å²) in [6.45, 7) is 0.382. The van der Waals surface area contributed by atoms with Crippen LogP contribution in [0, 0.1) is 0 Å². The molecule has 0 radical (unpaired) electrons. The van der Waals surface area contributed by atoms with E-state index >= 15 is 0 Å². The molecule has 0 bridgehead atoms. The van der Waals surface area contributed by atoms with Gasteiger partial charge in [0.25, 0.3) is 5.91 Å². The topological polar surface area (TPSA) is 59.8 Å². The Balaban J connectivity index is 1.57. The van der Waals surface area contributed by atoms with Crippen molar-refractivity contribution >= 4 is 45.8 Å². The number of benzene rings is 2. The molecule has 0 aliphatic rings. The summed E-state index contributed by atoms with van der Waals surface area (Å²) in [6.07, 6.45) is 1.61. The van der Waals surface area contributed by atoms with Gasteiger partial charge in [-0.15, -0.1) is 0 Å². The first-order chi connectivity index (χ1) is 13.1. The van der Waals surface area contributed by atoms with E-state index in [9.17, 15) is 4.79 Å². The summed E-state index contributed by atoms with van der Waals surface area (Å²) in [4.78, 5) is 17.0. The van der Waals surface area contributed by atoms with Gasteiger partial charge >= 0.3 is 0 Å². The number of nitrogens with one attached hydrogen (secondary N) is 1. The minimum Gasteiger partial charge on any atom is -0.305 e. The second kappa shape index (κ2) is 7.39. The van der Waals surface area contributed by atoms with Crippen LogP contribution in [0.2, 0.25) is 10.0 Å². The van der Waals surface area contributed by atoms with E-state index in [1.807, 2.05) is 42.5 Å². The first-order valence-corrected chi connectivity index (χ1v) is 8.99. The zero-order valence-electron chi connectivity index (χ0n) is 14.1. The van der Waals surface area contributed by atoms with Crippen LogP contribution in [0.5, 0.6) is 0 Å². The van der Waals surface area contributed by atoms with Gasteiger partial charge in [-0.1, -0.05) is 59.6 Å². The van der Waals surface area contributed by atoms with Crippen LogP contribution in [-0.2, 0) is 6.54 Å². The van der Waals surface area contributed by atoms with Crippen molar-refractivity contribution in [3.8, 4) is 0 Å². The molecule has 1 amide bonds. The molecular formula is C20H14Cl2N4O. The summed E-state index contributed by atoms with van der Waals surface area (Å²) in [6, 6.07) is 18.4. The molecule has 0 spiro atoms. The summed E-state index contributed by atoms with van der Waals surface area (Å²) >= 11 is 12.3. The molecule has 4 aromatic rings. The third-order valence-electron chi connectivity index (χ3n) is 4.14. The normalized spacial score (nSPS) is 10.9. The Morgan fingerprint density at radius 3 is 2.74 bits per heavy atom. The molecule has 7 heteroatoms. The first-order valence-electron chi connectivity index (χ1n) is 8.23. The monoisotopic (exact) mass is 396 g/mol. The van der Waals surface area contributed by atoms with Gasteiger partial charge in [-0.2, -0.15) is 5.10 Å². The number of fused-ring (bicyclic) bond motifs is 1. The number of rotatable bonds is 4. The lowest BCUT2D eigenvalue weighted by Gasteiger charge is -2.11. The highest BCUT2D eigenvalue weighted by Crippen LogP contribution is 2.26. The Kier molecular flexibility index (Phi) is 4.79. The van der Waals surface area contributed by atoms with E-state index in [4.69, 9.17) is 23.2 Å². The van der Waals surface area contributed by atoms with Gasteiger partial charge in [0.2, 0.25) is 0 Å². The van der Waals surface area contributed by atoms with Crippen LogP contribution in [-0.4, -0.2) is 20.7 Å². The van der Waals surface area contributed by atoms with E-state index in [1.54, 1.807) is 29.1 Å². The van der Waals surface area contributed by atoms with Crippen LogP contribution in [0.15, 0.2) is 66.9 Å². The molecule has 5 nitrogen and oxygen atoms in total. The van der Waals surface area contributed by atoms with Crippen molar-refractivity contribution in [2.45, 2.75) is 6.54 Å². The minimum atomic E-state index is -0.306. The third kappa shape index (κ3) is 3.65. The minimum absolute atomic E-state index is 0.306. The third-order valence-corrected chi connectivity index (χ3v) is 5.00. The zero-order valence-corrected chi connectivity index (χ0v) is 15.6. The Hall–Kier alpha value is -2.89. The number of carbonyl (C=O) groups excluding carboxylic acids is 1. The zero-order chi connectivity index (χ0) is 18.8. The van der Waals surface area contributed by atoms with Crippen molar-refractivity contribution in [3.63, 3.8) is 0 Å². The highest BCUT2D eigenvalue weighted by Gasteiger charge is 2.13. The molecule has 2 aromatic heterocycles. The molecule has 0 atom stereocenters. The fraction of sp³-hybridized carbons (Fsp3) is 0.0500. The van der Waals surface area contributed by atoms with Crippen LogP contribution < -0.4 is 5.32 Å². The van der Waals surface area contributed by atoms with Gasteiger partial charge in [0.05, 0.1) is 28.3 Å². The van der Waals surface area contributed by atoms with Gasteiger partial charge < -0.3 is 5.32 Å². The predicted octanol–water partition coefficient (Wildman–Crippen LogP) is 5.04. The quantitative estimate of drug-likeness (QED) is 0.525. The van der Waals surface area contributed by atoms with Crippen molar-refractivity contribution in [1.82, 2.24) is 14.8 Å². The Morgan fingerprint density at radius 1 is 1.00 bits per heavy atom. The van der Waals surface area contributed by atoms with Crippen LogP contribution in [0.25, 0.3) is 10.9 Å². The number of amides is 1. The first kappa shape index (κ1) is 17.5. The highest BCUT2D eigenvalue weighted by atomic mass is 35.5. The maximum absolute atomic E-state index is 12.6. The van der Waals surface area contributed by atoms with Crippen molar-refractivity contribution in [2.24, 2.45) is 0 Å². The number of hydrogen-bond donors (Lipinski definition) is 1. The SMILES string of the molecule is O=C(Nc1ccnn1Cc1cccc(Cl)c1Cl)c1ccc2ccccc2n1. The van der Waals surface area contributed by atoms with Gasteiger partial charge in [-0.25, -0.2) is 9.67 Å². The van der Waals surface area contributed by atoms with Crippen LogP contribution in [0.3, 0.4) is 0 Å². The van der Waals surface area contributed by atoms with E-state index in [-0.39, 0.29) is 5.91 Å². The average Bonchev–Trinajstić information content (AvgIpc) is 3.11. The summed E-state index contributed by atoms with van der Waals surface area (Å²) in [5.74, 6) is 0.241. The molecule has 2 aromatic carbocycles. The number of hydrogen-bond acceptors (Lipinski definition) is 3. The maximum atomic E-state index is 12.6. The number of halogens is 2. The van der Waals surface area contributed by atoms with E-state index in [1.165, 1.54) is 0 Å². The smallest absolute Gasteiger partial charge is 0.275 e. The maximum Gasteiger partial charge on any atom is 0.275 e. The molecular weight excluding hydrogens is 383 g/mol. The Bertz CT molecular complexity index is 1140. The number of para-hydroxylation sites is 1. The van der Waals surface area contributed by atoms with Crippen molar-refractivity contribution < 1.29 is 4.79 Å². The number of nitrogens with zero attached hydrogens (tertiary/aromatic N) is 3. The van der Waals surface area contributed by atoms with E-state index in [0.29, 0.717) is 28.1 Å². The van der Waals surface area contributed by atoms with Crippen LogP contribution >= 0.6 is 23.2 Å². The fourth-order valence-corrected chi connectivity index (χ4v) is 3.15. The molecule has 0 aliphatic heterocycles. The molecule has 2 heterocycles. The van der Waals surface area contributed by atoms with E-state index in [2.05, 4.69) is 15.4 Å². The standard InChI is InChI=1S/C20H14Cl2N4O/c21-15-6-3-5-14(19(15)22)12-26-18(10-11-23-26)25-20(27)17-9-8-13-4-1-2-7-16(13)24-17/h1-11H,12H2,(H,25,27). The second-order valence-electron chi connectivity index (χ2n) is 5.93. The van der Waals surface area contributed by atoms with Gasteiger partial charge in [-0.05, 0) is 23.8 Å². The lowest BCUT2D eigenvalue weighted by Crippen LogP contribution is -2.17. The summed E-state index contributed by atoms with van der Waals surface area (Å²) in [5, 5.41) is 9.04. The van der Waals surface area contributed by atoms with Gasteiger partial charge in [0.15, 0.2) is 0 Å². The molecule has 4 rings (SSSR count). The van der Waals surface area contributed by atoms with Gasteiger partial charge in [0.1, 0.15) is 11.5 Å². The van der Waals surface area contributed by atoms with Crippen molar-refractivity contribution in [2.75, 3.05) is 5.32 Å². The summed E-state index contributed by atoms with van der Waals surface area (Å²) < 4.78 is 1.65. The molecule has 0 aliphatic carbocycles. The predicted molar refractivity (Wildman–Crippen MR) is 107 cm³/mol. The lowest BCUT2D eigenvalue weighted by atomic mass is 10.2. The highest BCUT2D eigenvalue weighted by molar-refractivity contribution is 6.42. The molecule has 0 unspecified atom stereocenters. The number of pyridine rings is 1. The number of carbonyl (C=O) groups is 1. The van der Waals surface area contributed by atoms with Gasteiger partial charge in [0, 0.05) is 11.5 Å². The molecule has 27 heavy (non-hydrogen) atoms. The van der Waals surface area contributed by atoms with Crippen LogP contribution in [0.1, 0.15) is 16.1 Å².